The summed E-state index contributed by atoms with van der Waals surface area (Å²) in [5.41, 5.74) is 7.33. The molecule has 1 fully saturated rings. The van der Waals surface area contributed by atoms with Gasteiger partial charge in [-0.2, -0.15) is 0 Å². The zero-order valence-electron chi connectivity index (χ0n) is 9.92. The molecule has 17 heavy (non-hydrogen) atoms. The van der Waals surface area contributed by atoms with E-state index in [9.17, 15) is 0 Å². The third kappa shape index (κ3) is 3.51. The molecule has 0 spiro atoms. The summed E-state index contributed by atoms with van der Waals surface area (Å²) in [5.74, 6) is 0. The summed E-state index contributed by atoms with van der Waals surface area (Å²) in [7, 11) is 0. The molecule has 1 aliphatic carbocycles. The monoisotopic (exact) mass is 254 g/mol. The van der Waals surface area contributed by atoms with Crippen molar-refractivity contribution in [2.45, 2.75) is 31.8 Å². The maximum Gasteiger partial charge on any atom is 0.0763 e. The van der Waals surface area contributed by atoms with Crippen LogP contribution in [-0.4, -0.2) is 19.3 Å². The molecule has 1 aliphatic rings. The Morgan fingerprint density at radius 3 is 2.82 bits per heavy atom. The van der Waals surface area contributed by atoms with Gasteiger partial charge in [0.2, 0.25) is 0 Å². The second-order valence-electron chi connectivity index (χ2n) is 4.41. The van der Waals surface area contributed by atoms with E-state index < -0.39 is 0 Å². The van der Waals surface area contributed by atoms with Gasteiger partial charge < -0.3 is 15.8 Å². The molecule has 0 amide bonds. The van der Waals surface area contributed by atoms with Gasteiger partial charge in [-0.05, 0) is 25.0 Å². The number of rotatable bonds is 5. The van der Waals surface area contributed by atoms with Crippen molar-refractivity contribution in [1.29, 1.82) is 0 Å². The number of anilines is 2. The van der Waals surface area contributed by atoms with Gasteiger partial charge in [0.15, 0.2) is 0 Å². The first-order chi connectivity index (χ1) is 8.27. The number of para-hydroxylation sites is 1. The van der Waals surface area contributed by atoms with Gasteiger partial charge in [-0.3, -0.25) is 0 Å². The summed E-state index contributed by atoms with van der Waals surface area (Å²) in [5, 5.41) is 3.88. The summed E-state index contributed by atoms with van der Waals surface area (Å²) in [6, 6.07) is 5.52. The number of hydrogen-bond donors (Lipinski definition) is 2. The fourth-order valence-electron chi connectivity index (χ4n) is 2.18. The number of halogens is 1. The van der Waals surface area contributed by atoms with Gasteiger partial charge in [-0.1, -0.05) is 30.5 Å². The van der Waals surface area contributed by atoms with Crippen LogP contribution >= 0.6 is 11.6 Å². The highest BCUT2D eigenvalue weighted by molar-refractivity contribution is 6.33. The van der Waals surface area contributed by atoms with E-state index in [1.807, 2.05) is 18.2 Å². The van der Waals surface area contributed by atoms with Crippen molar-refractivity contribution in [3.05, 3.63) is 23.2 Å². The van der Waals surface area contributed by atoms with Crippen LogP contribution in [0, 0.1) is 0 Å². The van der Waals surface area contributed by atoms with E-state index in [1.165, 1.54) is 25.7 Å². The number of nitrogen functional groups attached to an aromatic ring is 1. The van der Waals surface area contributed by atoms with Crippen LogP contribution in [0.25, 0.3) is 0 Å². The van der Waals surface area contributed by atoms with Crippen LogP contribution in [0.3, 0.4) is 0 Å². The summed E-state index contributed by atoms with van der Waals surface area (Å²) in [6.45, 7) is 1.44. The molecule has 0 unspecified atom stereocenters. The molecule has 3 N–H and O–H groups in total. The summed E-state index contributed by atoms with van der Waals surface area (Å²) in [4.78, 5) is 0. The first kappa shape index (κ1) is 12.5. The van der Waals surface area contributed by atoms with E-state index in [-0.39, 0.29) is 0 Å². The van der Waals surface area contributed by atoms with Gasteiger partial charge in [-0.15, -0.1) is 0 Å². The molecule has 0 bridgehead atoms. The lowest BCUT2D eigenvalue weighted by Gasteiger charge is -2.14. The third-order valence-electron chi connectivity index (χ3n) is 3.11. The fraction of sp³-hybridized carbons (Fsp3) is 0.538. The lowest BCUT2D eigenvalue weighted by atomic mass is 10.2. The van der Waals surface area contributed by atoms with E-state index in [0.717, 1.165) is 12.2 Å². The lowest BCUT2D eigenvalue weighted by Crippen LogP contribution is -2.16. The van der Waals surface area contributed by atoms with Crippen LogP contribution in [0.5, 0.6) is 0 Å². The standard InChI is InChI=1S/C13H19ClN2O/c14-11-6-3-7-12(15)13(11)16-8-9-17-10-4-1-2-5-10/h3,6-7,10,16H,1-2,4-5,8-9,15H2. The van der Waals surface area contributed by atoms with E-state index >= 15 is 0 Å². The Bertz CT molecular complexity index is 344. The molecule has 0 heterocycles. The summed E-state index contributed by atoms with van der Waals surface area (Å²) in [6.07, 6.45) is 5.47. The van der Waals surface area contributed by atoms with Crippen LogP contribution < -0.4 is 11.1 Å². The third-order valence-corrected chi connectivity index (χ3v) is 3.42. The number of benzene rings is 1. The Labute approximate surface area is 107 Å². The molecule has 0 aromatic heterocycles. The number of hydrogen-bond acceptors (Lipinski definition) is 3. The fourth-order valence-corrected chi connectivity index (χ4v) is 2.43. The van der Waals surface area contributed by atoms with Crippen LogP contribution in [0.15, 0.2) is 18.2 Å². The smallest absolute Gasteiger partial charge is 0.0763 e. The van der Waals surface area contributed by atoms with Gasteiger partial charge in [0.1, 0.15) is 0 Å². The van der Waals surface area contributed by atoms with Gasteiger partial charge in [0.05, 0.1) is 29.1 Å². The van der Waals surface area contributed by atoms with E-state index in [4.69, 9.17) is 22.1 Å². The SMILES string of the molecule is Nc1cccc(Cl)c1NCCOC1CCCC1. The van der Waals surface area contributed by atoms with Crippen molar-refractivity contribution in [2.24, 2.45) is 0 Å². The highest BCUT2D eigenvalue weighted by Gasteiger charge is 2.14. The van der Waals surface area contributed by atoms with Crippen molar-refractivity contribution in [3.8, 4) is 0 Å². The average molecular weight is 255 g/mol. The van der Waals surface area contributed by atoms with Gasteiger partial charge in [-0.25, -0.2) is 0 Å². The first-order valence-electron chi connectivity index (χ1n) is 6.17. The molecular weight excluding hydrogens is 236 g/mol. The van der Waals surface area contributed by atoms with Crippen LogP contribution in [-0.2, 0) is 4.74 Å². The molecule has 0 aliphatic heterocycles. The van der Waals surface area contributed by atoms with Gasteiger partial charge >= 0.3 is 0 Å². The maximum absolute atomic E-state index is 6.05. The van der Waals surface area contributed by atoms with Crippen molar-refractivity contribution in [2.75, 3.05) is 24.2 Å². The molecule has 1 saturated carbocycles. The topological polar surface area (TPSA) is 47.3 Å². The highest BCUT2D eigenvalue weighted by Crippen LogP contribution is 2.27. The largest absolute Gasteiger partial charge is 0.397 e. The zero-order chi connectivity index (χ0) is 12.1. The second kappa shape index (κ2) is 6.12. The molecule has 2 rings (SSSR count). The Kier molecular flexibility index (Phi) is 4.51. The quantitative estimate of drug-likeness (QED) is 0.626. The number of nitrogens with two attached hydrogens (primary N) is 1. The van der Waals surface area contributed by atoms with Gasteiger partial charge in [0.25, 0.3) is 0 Å². The van der Waals surface area contributed by atoms with Crippen molar-refractivity contribution in [3.63, 3.8) is 0 Å². The Morgan fingerprint density at radius 2 is 2.12 bits per heavy atom. The molecular formula is C13H19ClN2O. The van der Waals surface area contributed by atoms with E-state index in [2.05, 4.69) is 5.32 Å². The molecule has 0 atom stereocenters. The van der Waals surface area contributed by atoms with Crippen molar-refractivity contribution >= 4 is 23.0 Å². The maximum atomic E-state index is 6.05. The average Bonchev–Trinajstić information content (AvgIpc) is 2.80. The Hall–Kier alpha value is -0.930. The second-order valence-corrected chi connectivity index (χ2v) is 4.82. The Balaban J connectivity index is 1.74. The molecule has 0 saturated heterocycles. The molecule has 3 nitrogen and oxygen atoms in total. The first-order valence-corrected chi connectivity index (χ1v) is 6.54. The van der Waals surface area contributed by atoms with Crippen LogP contribution in [0.1, 0.15) is 25.7 Å². The summed E-state index contributed by atoms with van der Waals surface area (Å²) < 4.78 is 5.76. The predicted molar refractivity (Wildman–Crippen MR) is 72.6 cm³/mol. The van der Waals surface area contributed by atoms with E-state index in [0.29, 0.717) is 23.4 Å². The normalized spacial score (nSPS) is 16.3. The Morgan fingerprint density at radius 1 is 1.35 bits per heavy atom. The molecule has 4 heteroatoms. The highest BCUT2D eigenvalue weighted by atomic mass is 35.5. The van der Waals surface area contributed by atoms with Gasteiger partial charge in [0, 0.05) is 6.54 Å². The lowest BCUT2D eigenvalue weighted by molar-refractivity contribution is 0.0659. The van der Waals surface area contributed by atoms with Crippen molar-refractivity contribution < 1.29 is 4.74 Å². The molecule has 1 aromatic carbocycles. The zero-order valence-corrected chi connectivity index (χ0v) is 10.7. The number of ether oxygens (including phenoxy) is 1. The minimum absolute atomic E-state index is 0.459. The van der Waals surface area contributed by atoms with Crippen molar-refractivity contribution in [1.82, 2.24) is 0 Å². The minimum atomic E-state index is 0.459. The van der Waals surface area contributed by atoms with Crippen LogP contribution in [0.2, 0.25) is 5.02 Å². The molecule has 94 valence electrons. The summed E-state index contributed by atoms with van der Waals surface area (Å²) >= 11 is 6.05. The predicted octanol–water partition coefficient (Wildman–Crippen LogP) is 3.29. The minimum Gasteiger partial charge on any atom is -0.397 e. The molecule has 1 aromatic rings. The van der Waals surface area contributed by atoms with Crippen LogP contribution in [0.4, 0.5) is 11.4 Å². The number of nitrogens with one attached hydrogen (secondary N) is 1. The van der Waals surface area contributed by atoms with E-state index in [1.54, 1.807) is 0 Å². The molecule has 0 radical (unpaired) electrons.